The summed E-state index contributed by atoms with van der Waals surface area (Å²) in [7, 11) is 1.91. The number of carbonyl (C=O) groups is 1. The van der Waals surface area contributed by atoms with E-state index in [0.717, 1.165) is 29.7 Å². The number of nitrogens with zero attached hydrogens (tertiary/aromatic N) is 1. The molecule has 150 valence electrons. The zero-order chi connectivity index (χ0) is 20.9. The van der Waals surface area contributed by atoms with E-state index in [1.807, 2.05) is 42.3 Å². The monoisotopic (exact) mass is 413 g/mol. The van der Waals surface area contributed by atoms with Crippen molar-refractivity contribution in [3.05, 3.63) is 106 Å². The summed E-state index contributed by atoms with van der Waals surface area (Å²) < 4.78 is 0. The topological polar surface area (TPSA) is 20.3 Å². The summed E-state index contributed by atoms with van der Waals surface area (Å²) in [5.41, 5.74) is 7.74. The average molecular weight is 414 g/mol. The van der Waals surface area contributed by atoms with Crippen molar-refractivity contribution >= 4 is 28.8 Å². The van der Waals surface area contributed by atoms with Gasteiger partial charge in [-0.15, -0.1) is 0 Å². The van der Waals surface area contributed by atoms with E-state index in [-0.39, 0.29) is 5.91 Å². The van der Waals surface area contributed by atoms with Gasteiger partial charge >= 0.3 is 0 Å². The average Bonchev–Trinajstić information content (AvgIpc) is 2.84. The van der Waals surface area contributed by atoms with E-state index >= 15 is 0 Å². The van der Waals surface area contributed by atoms with E-state index in [1.54, 1.807) is 0 Å². The van der Waals surface area contributed by atoms with Crippen molar-refractivity contribution in [2.24, 2.45) is 5.41 Å². The van der Waals surface area contributed by atoms with Gasteiger partial charge in [0.2, 0.25) is 5.91 Å². The molecule has 0 fully saturated rings. The second kappa shape index (κ2) is 7.14. The van der Waals surface area contributed by atoms with Gasteiger partial charge in [-0.2, -0.15) is 0 Å². The summed E-state index contributed by atoms with van der Waals surface area (Å²) in [5, 5.41) is 0.715. The molecule has 0 spiro atoms. The predicted molar refractivity (Wildman–Crippen MR) is 124 cm³/mol. The molecule has 1 amide bonds. The van der Waals surface area contributed by atoms with E-state index in [2.05, 4.69) is 49.4 Å². The van der Waals surface area contributed by atoms with Crippen LogP contribution in [0.5, 0.6) is 0 Å². The molecule has 0 saturated carbocycles. The van der Waals surface area contributed by atoms with Gasteiger partial charge in [0.05, 0.1) is 11.1 Å². The lowest BCUT2D eigenvalue weighted by atomic mass is 9.68. The first kappa shape index (κ1) is 19.1. The van der Waals surface area contributed by atoms with Crippen LogP contribution in [0.25, 0.3) is 5.57 Å². The quantitative estimate of drug-likeness (QED) is 0.481. The van der Waals surface area contributed by atoms with Crippen molar-refractivity contribution < 1.29 is 4.79 Å². The third-order valence-corrected chi connectivity index (χ3v) is 6.93. The first-order valence-corrected chi connectivity index (χ1v) is 10.8. The highest BCUT2D eigenvalue weighted by atomic mass is 35.5. The van der Waals surface area contributed by atoms with Crippen LogP contribution in [0, 0.1) is 5.41 Å². The number of fused-ring (bicyclic) bond motifs is 4. The molecular formula is C27H24ClNO. The Labute approximate surface area is 182 Å². The number of hydrogen-bond donors (Lipinski definition) is 0. The molecule has 0 aromatic heterocycles. The summed E-state index contributed by atoms with van der Waals surface area (Å²) in [6.45, 7) is 2.12. The first-order chi connectivity index (χ1) is 14.5. The maximum Gasteiger partial charge on any atom is 0.237 e. The van der Waals surface area contributed by atoms with E-state index in [0.29, 0.717) is 11.4 Å². The van der Waals surface area contributed by atoms with Gasteiger partial charge in [0.25, 0.3) is 0 Å². The van der Waals surface area contributed by atoms with Gasteiger partial charge in [-0.25, -0.2) is 0 Å². The van der Waals surface area contributed by atoms with Crippen molar-refractivity contribution in [1.29, 1.82) is 0 Å². The fourth-order valence-corrected chi connectivity index (χ4v) is 5.29. The van der Waals surface area contributed by atoms with Crippen molar-refractivity contribution in [3.63, 3.8) is 0 Å². The normalized spacial score (nSPS) is 20.4. The first-order valence-electron chi connectivity index (χ1n) is 10.4. The fourth-order valence-electron chi connectivity index (χ4n) is 5.17. The Kier molecular flexibility index (Phi) is 4.56. The molecule has 1 atom stereocenters. The van der Waals surface area contributed by atoms with Crippen molar-refractivity contribution in [2.45, 2.75) is 26.2 Å². The molecule has 0 radical (unpaired) electrons. The molecule has 1 aliphatic carbocycles. The third kappa shape index (κ3) is 2.90. The van der Waals surface area contributed by atoms with Crippen LogP contribution in [-0.2, 0) is 17.6 Å². The van der Waals surface area contributed by atoms with Crippen LogP contribution in [0.3, 0.4) is 0 Å². The Morgan fingerprint density at radius 2 is 1.57 bits per heavy atom. The predicted octanol–water partition coefficient (Wildman–Crippen LogP) is 6.31. The van der Waals surface area contributed by atoms with Crippen molar-refractivity contribution in [1.82, 2.24) is 0 Å². The molecule has 0 N–H and O–H groups in total. The standard InChI is InChI=1S/C27H24ClNO/c1-27(17-18-11-14-20(28)15-12-18)23-16-13-19-7-3-4-8-21(19)25(23)22-9-5-6-10-24(22)29(2)26(27)30/h3-12,14-15H,13,16-17H2,1-2H3. The zero-order valence-corrected chi connectivity index (χ0v) is 18.0. The SMILES string of the molecule is CN1C(=O)C(C)(Cc2ccc(Cl)cc2)C2=C(c3ccccc3CC2)c2ccccc21. The minimum Gasteiger partial charge on any atom is -0.314 e. The number of aryl methyl sites for hydroxylation is 1. The van der Waals surface area contributed by atoms with Gasteiger partial charge in [-0.05, 0) is 72.2 Å². The van der Waals surface area contributed by atoms with Crippen LogP contribution in [0.15, 0.2) is 78.4 Å². The van der Waals surface area contributed by atoms with Crippen LogP contribution >= 0.6 is 11.6 Å². The van der Waals surface area contributed by atoms with Crippen molar-refractivity contribution in [2.75, 3.05) is 11.9 Å². The summed E-state index contributed by atoms with van der Waals surface area (Å²) in [6.07, 6.45) is 2.51. The summed E-state index contributed by atoms with van der Waals surface area (Å²) in [6, 6.07) is 24.8. The maximum atomic E-state index is 13.9. The number of carbonyl (C=O) groups excluding carboxylic acids is 1. The largest absolute Gasteiger partial charge is 0.314 e. The summed E-state index contributed by atoms with van der Waals surface area (Å²) in [5.74, 6) is 0.147. The molecule has 2 aliphatic rings. The van der Waals surface area contributed by atoms with E-state index in [4.69, 9.17) is 11.6 Å². The van der Waals surface area contributed by atoms with Crippen LogP contribution in [0.2, 0.25) is 5.02 Å². The number of hydrogen-bond acceptors (Lipinski definition) is 1. The Balaban J connectivity index is 1.78. The molecule has 3 aromatic rings. The van der Waals surface area contributed by atoms with Gasteiger partial charge < -0.3 is 4.90 Å². The molecule has 1 unspecified atom stereocenters. The molecule has 1 aliphatic heterocycles. The van der Waals surface area contributed by atoms with Crippen molar-refractivity contribution in [3.8, 4) is 0 Å². The molecule has 2 nitrogen and oxygen atoms in total. The molecule has 0 bridgehead atoms. The number of benzene rings is 3. The smallest absolute Gasteiger partial charge is 0.237 e. The lowest BCUT2D eigenvalue weighted by Gasteiger charge is -2.36. The van der Waals surface area contributed by atoms with E-state index < -0.39 is 5.41 Å². The lowest BCUT2D eigenvalue weighted by molar-refractivity contribution is -0.125. The molecule has 30 heavy (non-hydrogen) atoms. The summed E-state index contributed by atoms with van der Waals surface area (Å²) in [4.78, 5) is 15.8. The molecule has 5 rings (SSSR count). The number of rotatable bonds is 2. The minimum absolute atomic E-state index is 0.147. The van der Waals surface area contributed by atoms with E-state index in [9.17, 15) is 4.79 Å². The highest BCUT2D eigenvalue weighted by Gasteiger charge is 2.45. The van der Waals surface area contributed by atoms with Crippen LogP contribution in [0.4, 0.5) is 5.69 Å². The van der Waals surface area contributed by atoms with Gasteiger partial charge in [-0.1, -0.05) is 66.2 Å². The van der Waals surface area contributed by atoms with Crippen LogP contribution in [-0.4, -0.2) is 13.0 Å². The lowest BCUT2D eigenvalue weighted by Crippen LogP contribution is -2.42. The Hall–Kier alpha value is -2.84. The highest BCUT2D eigenvalue weighted by Crippen LogP contribution is 2.50. The Bertz CT molecular complexity index is 1180. The second-order valence-corrected chi connectivity index (χ2v) is 8.96. The Morgan fingerprint density at radius 1 is 0.900 bits per heavy atom. The Morgan fingerprint density at radius 3 is 2.33 bits per heavy atom. The third-order valence-electron chi connectivity index (χ3n) is 6.68. The molecule has 1 heterocycles. The van der Waals surface area contributed by atoms with Gasteiger partial charge in [0.1, 0.15) is 0 Å². The maximum absolute atomic E-state index is 13.9. The fraction of sp³-hybridized carbons (Fsp3) is 0.222. The highest BCUT2D eigenvalue weighted by molar-refractivity contribution is 6.30. The minimum atomic E-state index is -0.621. The zero-order valence-electron chi connectivity index (χ0n) is 17.3. The molecule has 0 saturated heterocycles. The van der Waals surface area contributed by atoms with E-state index in [1.165, 1.54) is 22.3 Å². The summed E-state index contributed by atoms with van der Waals surface area (Å²) >= 11 is 6.11. The van der Waals surface area contributed by atoms with Gasteiger partial charge in [0, 0.05) is 17.6 Å². The second-order valence-electron chi connectivity index (χ2n) is 8.53. The molecular weight excluding hydrogens is 390 g/mol. The molecule has 3 aromatic carbocycles. The number of para-hydroxylation sites is 1. The number of amides is 1. The van der Waals surface area contributed by atoms with Crippen LogP contribution < -0.4 is 4.90 Å². The molecule has 3 heteroatoms. The van der Waals surface area contributed by atoms with Gasteiger partial charge in [0.15, 0.2) is 0 Å². The number of anilines is 1. The van der Waals surface area contributed by atoms with Crippen LogP contribution in [0.1, 0.15) is 35.6 Å². The van der Waals surface area contributed by atoms with Gasteiger partial charge in [-0.3, -0.25) is 4.79 Å². The number of halogens is 1.